The Morgan fingerprint density at radius 1 is 1.13 bits per heavy atom. The van der Waals surface area contributed by atoms with Crippen LogP contribution in [0.25, 0.3) is 0 Å². The van der Waals surface area contributed by atoms with E-state index in [1.807, 2.05) is 0 Å². The topological polar surface area (TPSA) is 97.3 Å². The number of aliphatic imine (C=N–C) groups is 1. The zero-order valence-corrected chi connectivity index (χ0v) is 17.6. The molecule has 1 saturated heterocycles. The second-order valence-corrected chi connectivity index (χ2v) is 7.56. The van der Waals surface area contributed by atoms with Crippen molar-refractivity contribution in [1.82, 2.24) is 4.90 Å². The predicted octanol–water partition coefficient (Wildman–Crippen LogP) is 3.07. The second-order valence-electron chi connectivity index (χ2n) is 6.39. The normalized spacial score (nSPS) is 17.6. The SMILES string of the molecule is COC(=O)c1ccc(N=C2SC(C(=O)Nc3ccccc3OC)CC(=O)N2C)cc1. The summed E-state index contributed by atoms with van der Waals surface area (Å²) in [5.41, 5.74) is 1.49. The maximum atomic E-state index is 12.8. The molecular formula is C21H21N3O5S. The average Bonchev–Trinajstić information content (AvgIpc) is 2.77. The standard InChI is InChI=1S/C21H21N3O5S/c1-24-18(25)12-17(19(26)23-15-6-4-5-7-16(15)28-2)30-21(24)22-14-10-8-13(9-11-14)20(27)29-3/h4-11,17H,12H2,1-3H3,(H,23,26). The average molecular weight is 427 g/mol. The van der Waals surface area contributed by atoms with Crippen LogP contribution in [0.3, 0.4) is 0 Å². The van der Waals surface area contributed by atoms with Gasteiger partial charge in [-0.05, 0) is 36.4 Å². The van der Waals surface area contributed by atoms with E-state index in [1.165, 1.54) is 30.9 Å². The molecular weight excluding hydrogens is 406 g/mol. The molecule has 9 heteroatoms. The minimum Gasteiger partial charge on any atom is -0.495 e. The Kier molecular flexibility index (Phi) is 6.73. The molecule has 0 radical (unpaired) electrons. The lowest BCUT2D eigenvalue weighted by Crippen LogP contribution is -2.43. The quantitative estimate of drug-likeness (QED) is 0.737. The van der Waals surface area contributed by atoms with Crippen molar-refractivity contribution >= 4 is 46.1 Å². The van der Waals surface area contributed by atoms with Gasteiger partial charge in [-0.2, -0.15) is 0 Å². The van der Waals surface area contributed by atoms with E-state index in [0.29, 0.717) is 27.9 Å². The van der Waals surface area contributed by atoms with Crippen molar-refractivity contribution in [1.29, 1.82) is 0 Å². The smallest absolute Gasteiger partial charge is 0.337 e. The molecule has 8 nitrogen and oxygen atoms in total. The van der Waals surface area contributed by atoms with Crippen LogP contribution in [0.1, 0.15) is 16.8 Å². The second kappa shape index (κ2) is 9.45. The molecule has 0 spiro atoms. The maximum Gasteiger partial charge on any atom is 0.337 e. The molecule has 1 aliphatic rings. The lowest BCUT2D eigenvalue weighted by molar-refractivity contribution is -0.128. The monoisotopic (exact) mass is 427 g/mol. The van der Waals surface area contributed by atoms with Gasteiger partial charge in [-0.1, -0.05) is 23.9 Å². The van der Waals surface area contributed by atoms with Crippen molar-refractivity contribution in [3.63, 3.8) is 0 Å². The summed E-state index contributed by atoms with van der Waals surface area (Å²) in [6, 6.07) is 13.5. The number of thioether (sulfide) groups is 1. The molecule has 2 aromatic rings. The molecule has 1 unspecified atom stereocenters. The highest BCUT2D eigenvalue weighted by molar-refractivity contribution is 8.15. The number of ether oxygens (including phenoxy) is 2. The van der Waals surface area contributed by atoms with Gasteiger partial charge in [0, 0.05) is 13.5 Å². The van der Waals surface area contributed by atoms with Crippen LogP contribution in [0, 0.1) is 0 Å². The number of amidine groups is 1. The summed E-state index contributed by atoms with van der Waals surface area (Å²) < 4.78 is 9.93. The van der Waals surface area contributed by atoms with Gasteiger partial charge in [0.1, 0.15) is 11.0 Å². The molecule has 0 saturated carbocycles. The van der Waals surface area contributed by atoms with E-state index in [9.17, 15) is 14.4 Å². The molecule has 156 valence electrons. The van der Waals surface area contributed by atoms with Crippen molar-refractivity contribution in [3.05, 3.63) is 54.1 Å². The minimum absolute atomic E-state index is 0.0580. The Labute approximate surface area is 178 Å². The molecule has 30 heavy (non-hydrogen) atoms. The number of methoxy groups -OCH3 is 2. The predicted molar refractivity (Wildman–Crippen MR) is 115 cm³/mol. The van der Waals surface area contributed by atoms with Crippen molar-refractivity contribution in [2.24, 2.45) is 4.99 Å². The first kappa shape index (κ1) is 21.4. The van der Waals surface area contributed by atoms with Crippen LogP contribution in [0.5, 0.6) is 5.75 Å². The molecule has 1 N–H and O–H groups in total. The summed E-state index contributed by atoms with van der Waals surface area (Å²) in [5.74, 6) is -0.421. The molecule has 0 aliphatic carbocycles. The number of nitrogens with one attached hydrogen (secondary N) is 1. The molecule has 1 atom stereocenters. The Morgan fingerprint density at radius 3 is 2.50 bits per heavy atom. The fraction of sp³-hybridized carbons (Fsp3) is 0.238. The Bertz CT molecular complexity index is 990. The van der Waals surface area contributed by atoms with E-state index < -0.39 is 11.2 Å². The number of anilines is 1. The van der Waals surface area contributed by atoms with Gasteiger partial charge >= 0.3 is 5.97 Å². The first-order valence-electron chi connectivity index (χ1n) is 9.07. The molecule has 1 aliphatic heterocycles. The van der Waals surface area contributed by atoms with Gasteiger partial charge in [0.2, 0.25) is 11.8 Å². The number of hydrogen-bond acceptors (Lipinski definition) is 7. The van der Waals surface area contributed by atoms with Gasteiger partial charge in [0.15, 0.2) is 5.17 Å². The molecule has 2 aromatic carbocycles. The summed E-state index contributed by atoms with van der Waals surface area (Å²) in [7, 11) is 4.45. The Balaban J connectivity index is 1.78. The van der Waals surface area contributed by atoms with E-state index in [-0.39, 0.29) is 18.2 Å². The summed E-state index contributed by atoms with van der Waals surface area (Å²) in [5, 5.41) is 2.58. The summed E-state index contributed by atoms with van der Waals surface area (Å²) in [6.07, 6.45) is 0.0580. The van der Waals surface area contributed by atoms with Crippen LogP contribution in [0.4, 0.5) is 11.4 Å². The summed E-state index contributed by atoms with van der Waals surface area (Å²) in [4.78, 5) is 42.7. The van der Waals surface area contributed by atoms with Crippen molar-refractivity contribution in [2.45, 2.75) is 11.7 Å². The van der Waals surface area contributed by atoms with Gasteiger partial charge in [-0.3, -0.25) is 14.5 Å². The Hall–Kier alpha value is -3.33. The number of esters is 1. The van der Waals surface area contributed by atoms with Crippen molar-refractivity contribution in [3.8, 4) is 5.75 Å². The van der Waals surface area contributed by atoms with E-state index in [2.05, 4.69) is 15.0 Å². The number of carbonyl (C=O) groups excluding carboxylic acids is 3. The molecule has 1 heterocycles. The zero-order chi connectivity index (χ0) is 21.7. The highest BCUT2D eigenvalue weighted by atomic mass is 32.2. The Morgan fingerprint density at radius 2 is 1.83 bits per heavy atom. The van der Waals surface area contributed by atoms with Crippen LogP contribution in [0.2, 0.25) is 0 Å². The van der Waals surface area contributed by atoms with Gasteiger partial charge < -0.3 is 14.8 Å². The summed E-state index contributed by atoms with van der Waals surface area (Å²) in [6.45, 7) is 0. The van der Waals surface area contributed by atoms with Crippen molar-refractivity contribution < 1.29 is 23.9 Å². The largest absolute Gasteiger partial charge is 0.495 e. The van der Waals surface area contributed by atoms with Crippen molar-refractivity contribution in [2.75, 3.05) is 26.6 Å². The van der Waals surface area contributed by atoms with Gasteiger partial charge in [-0.25, -0.2) is 9.79 Å². The number of hydrogen-bond donors (Lipinski definition) is 1. The van der Waals surface area contributed by atoms with E-state index >= 15 is 0 Å². The van der Waals surface area contributed by atoms with E-state index in [1.54, 1.807) is 55.6 Å². The number of carbonyl (C=O) groups is 3. The van der Waals surface area contributed by atoms with Gasteiger partial charge in [0.25, 0.3) is 0 Å². The number of amides is 2. The highest BCUT2D eigenvalue weighted by Crippen LogP contribution is 2.30. The third kappa shape index (κ3) is 4.80. The lowest BCUT2D eigenvalue weighted by atomic mass is 10.2. The van der Waals surface area contributed by atoms with E-state index in [0.717, 1.165) is 0 Å². The maximum absolute atomic E-state index is 12.8. The molecule has 2 amide bonds. The number of benzene rings is 2. The third-order valence-corrected chi connectivity index (χ3v) is 5.68. The first-order valence-corrected chi connectivity index (χ1v) is 9.95. The zero-order valence-electron chi connectivity index (χ0n) is 16.7. The van der Waals surface area contributed by atoms with E-state index in [4.69, 9.17) is 4.74 Å². The van der Waals surface area contributed by atoms with Crippen LogP contribution >= 0.6 is 11.8 Å². The molecule has 0 aromatic heterocycles. The number of rotatable bonds is 5. The minimum atomic E-state index is -0.633. The van der Waals surface area contributed by atoms with Crippen LogP contribution in [-0.2, 0) is 14.3 Å². The molecule has 1 fully saturated rings. The molecule has 0 bridgehead atoms. The summed E-state index contributed by atoms with van der Waals surface area (Å²) >= 11 is 1.20. The van der Waals surface area contributed by atoms with Crippen LogP contribution < -0.4 is 10.1 Å². The fourth-order valence-electron chi connectivity index (χ4n) is 2.76. The first-order chi connectivity index (χ1) is 14.4. The number of para-hydroxylation sites is 2. The van der Waals surface area contributed by atoms with Gasteiger partial charge in [-0.15, -0.1) is 0 Å². The fourth-order valence-corrected chi connectivity index (χ4v) is 3.82. The van der Waals surface area contributed by atoms with Crippen LogP contribution in [0.15, 0.2) is 53.5 Å². The number of nitrogens with zero attached hydrogens (tertiary/aromatic N) is 2. The molecule has 3 rings (SSSR count). The highest BCUT2D eigenvalue weighted by Gasteiger charge is 2.34. The third-order valence-electron chi connectivity index (χ3n) is 4.44. The lowest BCUT2D eigenvalue weighted by Gasteiger charge is -2.29. The van der Waals surface area contributed by atoms with Gasteiger partial charge in [0.05, 0.1) is 31.2 Å². The van der Waals surface area contributed by atoms with Crippen LogP contribution in [-0.4, -0.2) is 54.4 Å².